The lowest BCUT2D eigenvalue weighted by atomic mass is 9.87. The van der Waals surface area contributed by atoms with Crippen molar-refractivity contribution in [1.29, 1.82) is 0 Å². The molecule has 1 aromatic carbocycles. The SMILES string of the molecule is CCCCOc1ccc(C(C)(C)C)cc1NC(=O)c1nnn(-c2cccnc2OC)c1C. The molecule has 0 atom stereocenters. The van der Waals surface area contributed by atoms with E-state index in [2.05, 4.69) is 48.3 Å². The zero-order valence-electron chi connectivity index (χ0n) is 19.6. The molecular formula is C24H31N5O3. The monoisotopic (exact) mass is 437 g/mol. The molecule has 0 radical (unpaired) electrons. The summed E-state index contributed by atoms with van der Waals surface area (Å²) in [5.41, 5.74) is 3.04. The van der Waals surface area contributed by atoms with Crippen molar-refractivity contribution in [2.45, 2.75) is 52.9 Å². The summed E-state index contributed by atoms with van der Waals surface area (Å²) in [4.78, 5) is 17.3. The van der Waals surface area contributed by atoms with E-state index >= 15 is 0 Å². The number of hydrogen-bond donors (Lipinski definition) is 1. The van der Waals surface area contributed by atoms with Gasteiger partial charge in [-0.05, 0) is 48.6 Å². The zero-order chi connectivity index (χ0) is 23.3. The molecule has 3 rings (SSSR count). The first-order valence-electron chi connectivity index (χ1n) is 10.8. The number of unbranched alkanes of at least 4 members (excludes halogenated alkanes) is 1. The predicted octanol–water partition coefficient (Wildman–Crippen LogP) is 4.71. The third-order valence-electron chi connectivity index (χ3n) is 5.13. The maximum Gasteiger partial charge on any atom is 0.278 e. The molecule has 0 saturated heterocycles. The maximum atomic E-state index is 13.1. The van der Waals surface area contributed by atoms with Crippen LogP contribution in [0.3, 0.4) is 0 Å². The van der Waals surface area contributed by atoms with Gasteiger partial charge in [0.25, 0.3) is 5.91 Å². The number of nitrogens with zero attached hydrogens (tertiary/aromatic N) is 4. The zero-order valence-corrected chi connectivity index (χ0v) is 19.6. The quantitative estimate of drug-likeness (QED) is 0.513. The molecule has 1 amide bonds. The Morgan fingerprint density at radius 3 is 2.69 bits per heavy atom. The van der Waals surface area contributed by atoms with Crippen molar-refractivity contribution in [3.8, 4) is 17.3 Å². The van der Waals surface area contributed by atoms with Crippen LogP contribution in [-0.4, -0.2) is 39.6 Å². The Morgan fingerprint density at radius 2 is 2.00 bits per heavy atom. The lowest BCUT2D eigenvalue weighted by molar-refractivity contribution is 0.102. The molecule has 0 fully saturated rings. The molecule has 1 N–H and O–H groups in total. The van der Waals surface area contributed by atoms with Gasteiger partial charge in [0.1, 0.15) is 11.4 Å². The molecule has 0 aliphatic heterocycles. The number of rotatable bonds is 8. The molecule has 0 unspecified atom stereocenters. The van der Waals surface area contributed by atoms with Crippen LogP contribution in [0, 0.1) is 6.92 Å². The normalized spacial score (nSPS) is 11.3. The van der Waals surface area contributed by atoms with Crippen LogP contribution >= 0.6 is 0 Å². The Hall–Kier alpha value is -3.42. The first-order valence-corrected chi connectivity index (χ1v) is 10.8. The van der Waals surface area contributed by atoms with Gasteiger partial charge in [0.15, 0.2) is 5.69 Å². The van der Waals surface area contributed by atoms with Gasteiger partial charge in [0, 0.05) is 6.20 Å². The van der Waals surface area contributed by atoms with E-state index in [1.807, 2.05) is 24.3 Å². The van der Waals surface area contributed by atoms with E-state index in [4.69, 9.17) is 9.47 Å². The minimum Gasteiger partial charge on any atom is -0.491 e. The molecule has 8 nitrogen and oxygen atoms in total. The van der Waals surface area contributed by atoms with E-state index in [0.29, 0.717) is 35.3 Å². The molecule has 2 aromatic heterocycles. The molecule has 170 valence electrons. The van der Waals surface area contributed by atoms with E-state index in [1.165, 1.54) is 7.11 Å². The van der Waals surface area contributed by atoms with Crippen LogP contribution in [-0.2, 0) is 5.41 Å². The molecule has 0 aliphatic carbocycles. The van der Waals surface area contributed by atoms with Gasteiger partial charge >= 0.3 is 0 Å². The summed E-state index contributed by atoms with van der Waals surface area (Å²) in [7, 11) is 1.54. The Labute approximate surface area is 189 Å². The van der Waals surface area contributed by atoms with Crippen LogP contribution < -0.4 is 14.8 Å². The average Bonchev–Trinajstić information content (AvgIpc) is 3.15. The summed E-state index contributed by atoms with van der Waals surface area (Å²) in [6.07, 6.45) is 3.60. The number of methoxy groups -OCH3 is 1. The fraction of sp³-hybridized carbons (Fsp3) is 0.417. The summed E-state index contributed by atoms with van der Waals surface area (Å²) in [5.74, 6) is 0.679. The highest BCUT2D eigenvalue weighted by Crippen LogP contribution is 2.32. The van der Waals surface area contributed by atoms with E-state index in [-0.39, 0.29) is 17.0 Å². The third-order valence-corrected chi connectivity index (χ3v) is 5.13. The number of carbonyl (C=O) groups excluding carboxylic acids is 1. The summed E-state index contributed by atoms with van der Waals surface area (Å²) in [6.45, 7) is 10.9. The number of anilines is 1. The van der Waals surface area contributed by atoms with Crippen molar-refractivity contribution < 1.29 is 14.3 Å². The van der Waals surface area contributed by atoms with Crippen LogP contribution in [0.25, 0.3) is 5.69 Å². The number of benzene rings is 1. The number of aromatic nitrogens is 4. The molecule has 8 heteroatoms. The summed E-state index contributed by atoms with van der Waals surface area (Å²) in [6, 6.07) is 9.49. The van der Waals surface area contributed by atoms with Gasteiger partial charge in [-0.15, -0.1) is 5.10 Å². The Balaban J connectivity index is 1.92. The minimum atomic E-state index is -0.358. The first-order chi connectivity index (χ1) is 15.3. The molecular weight excluding hydrogens is 406 g/mol. The summed E-state index contributed by atoms with van der Waals surface area (Å²) < 4.78 is 12.8. The largest absolute Gasteiger partial charge is 0.491 e. The first kappa shape index (κ1) is 23.2. The molecule has 32 heavy (non-hydrogen) atoms. The maximum absolute atomic E-state index is 13.1. The van der Waals surface area contributed by atoms with Crippen molar-refractivity contribution in [3.63, 3.8) is 0 Å². The molecule has 0 spiro atoms. The topological polar surface area (TPSA) is 91.2 Å². The second-order valence-electron chi connectivity index (χ2n) is 8.58. The van der Waals surface area contributed by atoms with Crippen molar-refractivity contribution in [3.05, 3.63) is 53.5 Å². The number of ether oxygens (including phenoxy) is 2. The fourth-order valence-electron chi connectivity index (χ4n) is 3.20. The summed E-state index contributed by atoms with van der Waals surface area (Å²) in [5, 5.41) is 11.2. The van der Waals surface area contributed by atoms with E-state index in [9.17, 15) is 4.79 Å². The predicted molar refractivity (Wildman–Crippen MR) is 124 cm³/mol. The molecule has 2 heterocycles. The lowest BCUT2D eigenvalue weighted by Gasteiger charge is -2.21. The third kappa shape index (κ3) is 5.07. The Kier molecular flexibility index (Phi) is 7.12. The number of pyridine rings is 1. The van der Waals surface area contributed by atoms with E-state index in [0.717, 1.165) is 18.4 Å². The smallest absolute Gasteiger partial charge is 0.278 e. The van der Waals surface area contributed by atoms with Crippen molar-refractivity contribution in [2.75, 3.05) is 19.0 Å². The van der Waals surface area contributed by atoms with Crippen LogP contribution in [0.15, 0.2) is 36.5 Å². The van der Waals surface area contributed by atoms with Gasteiger partial charge in [-0.1, -0.05) is 45.4 Å². The molecule has 3 aromatic rings. The van der Waals surface area contributed by atoms with Crippen molar-refractivity contribution in [1.82, 2.24) is 20.0 Å². The summed E-state index contributed by atoms with van der Waals surface area (Å²) >= 11 is 0. The van der Waals surface area contributed by atoms with Gasteiger partial charge < -0.3 is 14.8 Å². The van der Waals surface area contributed by atoms with Gasteiger partial charge in [-0.3, -0.25) is 4.79 Å². The second-order valence-corrected chi connectivity index (χ2v) is 8.58. The number of amides is 1. The number of nitrogens with one attached hydrogen (secondary N) is 1. The standard InChI is InChI=1S/C24H31N5O3/c1-7-8-14-32-20-12-11-17(24(3,4)5)15-18(20)26-22(30)21-16(2)29(28-27-21)19-10-9-13-25-23(19)31-6/h9-13,15H,7-8,14H2,1-6H3,(H,26,30). The van der Waals surface area contributed by atoms with Gasteiger partial charge in [0.2, 0.25) is 5.88 Å². The lowest BCUT2D eigenvalue weighted by Crippen LogP contribution is -2.17. The number of carbonyl (C=O) groups is 1. The minimum absolute atomic E-state index is 0.0721. The highest BCUT2D eigenvalue weighted by molar-refractivity contribution is 6.04. The van der Waals surface area contributed by atoms with Crippen LogP contribution in [0.5, 0.6) is 11.6 Å². The molecule has 0 bridgehead atoms. The highest BCUT2D eigenvalue weighted by Gasteiger charge is 2.22. The van der Waals surface area contributed by atoms with Gasteiger partial charge in [0.05, 0.1) is 25.1 Å². The van der Waals surface area contributed by atoms with Crippen molar-refractivity contribution >= 4 is 11.6 Å². The fourth-order valence-corrected chi connectivity index (χ4v) is 3.20. The average molecular weight is 438 g/mol. The van der Waals surface area contributed by atoms with E-state index < -0.39 is 0 Å². The Morgan fingerprint density at radius 1 is 1.22 bits per heavy atom. The van der Waals surface area contributed by atoms with Gasteiger partial charge in [-0.25, -0.2) is 9.67 Å². The second kappa shape index (κ2) is 9.80. The van der Waals surface area contributed by atoms with Crippen molar-refractivity contribution in [2.24, 2.45) is 0 Å². The Bertz CT molecular complexity index is 1090. The highest BCUT2D eigenvalue weighted by atomic mass is 16.5. The van der Waals surface area contributed by atoms with Crippen LogP contribution in [0.4, 0.5) is 5.69 Å². The molecule has 0 saturated carbocycles. The van der Waals surface area contributed by atoms with Crippen LogP contribution in [0.1, 0.15) is 62.3 Å². The number of hydrogen-bond acceptors (Lipinski definition) is 6. The van der Waals surface area contributed by atoms with Gasteiger partial charge in [-0.2, -0.15) is 0 Å². The van der Waals surface area contributed by atoms with Crippen LogP contribution in [0.2, 0.25) is 0 Å². The van der Waals surface area contributed by atoms with E-state index in [1.54, 1.807) is 23.9 Å². The molecule has 0 aliphatic rings.